The van der Waals surface area contributed by atoms with E-state index in [1.165, 1.54) is 6.07 Å². The van der Waals surface area contributed by atoms with Crippen LogP contribution in [-0.2, 0) is 6.42 Å². The van der Waals surface area contributed by atoms with Gasteiger partial charge in [0.25, 0.3) is 0 Å². The third-order valence-corrected chi connectivity index (χ3v) is 4.57. The van der Waals surface area contributed by atoms with Crippen LogP contribution in [0.3, 0.4) is 0 Å². The summed E-state index contributed by atoms with van der Waals surface area (Å²) in [6.07, 6.45) is 1.67. The first-order valence-corrected chi connectivity index (χ1v) is 8.62. The first-order chi connectivity index (χ1) is 10.1. The lowest BCUT2D eigenvalue weighted by Gasteiger charge is -2.21. The number of nitrogens with one attached hydrogen (secondary N) is 1. The Morgan fingerprint density at radius 2 is 1.90 bits per heavy atom. The van der Waals surface area contributed by atoms with E-state index in [-0.39, 0.29) is 11.9 Å². The van der Waals surface area contributed by atoms with Crippen LogP contribution >= 0.6 is 31.9 Å². The van der Waals surface area contributed by atoms with E-state index < -0.39 is 0 Å². The molecule has 0 aromatic heterocycles. The summed E-state index contributed by atoms with van der Waals surface area (Å²) in [5, 5.41) is 3.51. The molecular weight excluding hydrogens is 397 g/mol. The minimum Gasteiger partial charge on any atom is -0.310 e. The molecular formula is C17H18Br2FN. The summed E-state index contributed by atoms with van der Waals surface area (Å²) in [6, 6.07) is 13.1. The van der Waals surface area contributed by atoms with Crippen molar-refractivity contribution in [3.05, 3.63) is 68.4 Å². The zero-order valence-corrected chi connectivity index (χ0v) is 15.0. The van der Waals surface area contributed by atoms with Crippen LogP contribution in [0.15, 0.2) is 51.4 Å². The molecule has 1 nitrogen and oxygen atoms in total. The predicted molar refractivity (Wildman–Crippen MR) is 93.0 cm³/mol. The molecule has 0 saturated heterocycles. The van der Waals surface area contributed by atoms with E-state index in [0.29, 0.717) is 6.42 Å². The Morgan fingerprint density at radius 3 is 2.62 bits per heavy atom. The Labute approximate surface area is 142 Å². The topological polar surface area (TPSA) is 12.0 Å². The number of hydrogen-bond donors (Lipinski definition) is 1. The van der Waals surface area contributed by atoms with Crippen LogP contribution in [-0.4, -0.2) is 6.54 Å². The van der Waals surface area contributed by atoms with Gasteiger partial charge in [0.2, 0.25) is 0 Å². The molecule has 0 spiro atoms. The van der Waals surface area contributed by atoms with Gasteiger partial charge in [-0.2, -0.15) is 0 Å². The van der Waals surface area contributed by atoms with Gasteiger partial charge < -0.3 is 5.32 Å². The van der Waals surface area contributed by atoms with Gasteiger partial charge in [0.1, 0.15) is 5.82 Å². The molecule has 1 atom stereocenters. The highest BCUT2D eigenvalue weighted by atomic mass is 79.9. The summed E-state index contributed by atoms with van der Waals surface area (Å²) in [4.78, 5) is 0. The molecule has 0 aliphatic carbocycles. The summed E-state index contributed by atoms with van der Waals surface area (Å²) in [5.41, 5.74) is 1.87. The lowest BCUT2D eigenvalue weighted by atomic mass is 9.98. The number of rotatable bonds is 6. The van der Waals surface area contributed by atoms with E-state index in [0.717, 1.165) is 33.0 Å². The van der Waals surface area contributed by atoms with Crippen molar-refractivity contribution in [2.75, 3.05) is 6.54 Å². The molecule has 0 heterocycles. The number of benzene rings is 2. The van der Waals surface area contributed by atoms with Gasteiger partial charge >= 0.3 is 0 Å². The highest BCUT2D eigenvalue weighted by Gasteiger charge is 2.16. The molecule has 112 valence electrons. The van der Waals surface area contributed by atoms with Gasteiger partial charge in [0, 0.05) is 15.0 Å². The summed E-state index contributed by atoms with van der Waals surface area (Å²) < 4.78 is 16.0. The SMILES string of the molecule is CCCNC(Cc1ccccc1F)c1cc(Br)ccc1Br. The maximum Gasteiger partial charge on any atom is 0.126 e. The fourth-order valence-corrected chi connectivity index (χ4v) is 3.18. The average Bonchev–Trinajstić information content (AvgIpc) is 2.48. The Balaban J connectivity index is 2.30. The Hall–Kier alpha value is -0.710. The lowest BCUT2D eigenvalue weighted by molar-refractivity contribution is 0.511. The van der Waals surface area contributed by atoms with Crippen molar-refractivity contribution in [3.8, 4) is 0 Å². The van der Waals surface area contributed by atoms with E-state index in [1.807, 2.05) is 24.3 Å². The van der Waals surface area contributed by atoms with Gasteiger partial charge in [-0.25, -0.2) is 4.39 Å². The van der Waals surface area contributed by atoms with Gasteiger partial charge in [0.05, 0.1) is 0 Å². The van der Waals surface area contributed by atoms with E-state index in [9.17, 15) is 4.39 Å². The van der Waals surface area contributed by atoms with E-state index in [2.05, 4.69) is 50.2 Å². The molecule has 2 rings (SSSR count). The Bertz CT molecular complexity index is 601. The zero-order valence-electron chi connectivity index (χ0n) is 11.9. The molecule has 0 bridgehead atoms. The summed E-state index contributed by atoms with van der Waals surface area (Å²) in [6.45, 7) is 3.03. The van der Waals surface area contributed by atoms with Crippen LogP contribution in [0.1, 0.15) is 30.5 Å². The molecule has 4 heteroatoms. The van der Waals surface area contributed by atoms with Gasteiger partial charge in [-0.15, -0.1) is 0 Å². The third kappa shape index (κ3) is 4.63. The molecule has 2 aromatic carbocycles. The van der Waals surface area contributed by atoms with Gasteiger partial charge in [-0.1, -0.05) is 57.0 Å². The molecule has 0 fully saturated rings. The zero-order chi connectivity index (χ0) is 15.2. The molecule has 21 heavy (non-hydrogen) atoms. The normalized spacial score (nSPS) is 12.4. The highest BCUT2D eigenvalue weighted by Crippen LogP contribution is 2.29. The summed E-state index contributed by atoms with van der Waals surface area (Å²) >= 11 is 7.11. The largest absolute Gasteiger partial charge is 0.310 e. The van der Waals surface area contributed by atoms with Crippen molar-refractivity contribution in [3.63, 3.8) is 0 Å². The molecule has 1 N–H and O–H groups in total. The highest BCUT2D eigenvalue weighted by molar-refractivity contribution is 9.11. The standard InChI is InChI=1S/C17H18Br2FN/c1-2-9-21-17(10-12-5-3-4-6-16(12)20)14-11-13(18)7-8-15(14)19/h3-8,11,17,21H,2,9-10H2,1H3. The van der Waals surface area contributed by atoms with Crippen molar-refractivity contribution in [2.45, 2.75) is 25.8 Å². The van der Waals surface area contributed by atoms with Crippen molar-refractivity contribution < 1.29 is 4.39 Å². The van der Waals surface area contributed by atoms with Crippen LogP contribution in [0.25, 0.3) is 0 Å². The first-order valence-electron chi connectivity index (χ1n) is 7.03. The van der Waals surface area contributed by atoms with Gasteiger partial charge in [-0.05, 0) is 54.8 Å². The van der Waals surface area contributed by atoms with Crippen molar-refractivity contribution in [1.82, 2.24) is 5.32 Å². The van der Waals surface area contributed by atoms with Gasteiger partial charge in [-0.3, -0.25) is 0 Å². The summed E-state index contributed by atoms with van der Waals surface area (Å²) in [7, 11) is 0. The van der Waals surface area contributed by atoms with Crippen molar-refractivity contribution in [1.29, 1.82) is 0 Å². The number of hydrogen-bond acceptors (Lipinski definition) is 1. The monoisotopic (exact) mass is 413 g/mol. The lowest BCUT2D eigenvalue weighted by Crippen LogP contribution is -2.24. The maximum atomic E-state index is 13.9. The van der Waals surface area contributed by atoms with E-state index in [1.54, 1.807) is 6.07 Å². The summed E-state index contributed by atoms with van der Waals surface area (Å²) in [5.74, 6) is -0.146. The van der Waals surface area contributed by atoms with Gasteiger partial charge in [0.15, 0.2) is 0 Å². The second-order valence-corrected chi connectivity index (χ2v) is 6.74. The second kappa shape index (κ2) is 8.06. The average molecular weight is 415 g/mol. The Kier molecular flexibility index (Phi) is 6.40. The second-order valence-electron chi connectivity index (χ2n) is 4.97. The smallest absolute Gasteiger partial charge is 0.126 e. The quantitative estimate of drug-likeness (QED) is 0.645. The minimum absolute atomic E-state index is 0.0775. The van der Waals surface area contributed by atoms with Crippen molar-refractivity contribution in [2.24, 2.45) is 0 Å². The predicted octanol–water partition coefficient (Wildman–Crippen LogP) is 5.63. The maximum absolute atomic E-state index is 13.9. The number of halogens is 3. The fourth-order valence-electron chi connectivity index (χ4n) is 2.28. The molecule has 0 saturated carbocycles. The van der Waals surface area contributed by atoms with Crippen LogP contribution in [0.4, 0.5) is 4.39 Å². The van der Waals surface area contributed by atoms with E-state index in [4.69, 9.17) is 0 Å². The van der Waals surface area contributed by atoms with Crippen LogP contribution < -0.4 is 5.32 Å². The molecule has 0 radical (unpaired) electrons. The van der Waals surface area contributed by atoms with Crippen molar-refractivity contribution >= 4 is 31.9 Å². The fraction of sp³-hybridized carbons (Fsp3) is 0.294. The first kappa shape index (κ1) is 16.7. The van der Waals surface area contributed by atoms with E-state index >= 15 is 0 Å². The van der Waals surface area contributed by atoms with Crippen LogP contribution in [0.5, 0.6) is 0 Å². The Morgan fingerprint density at radius 1 is 1.14 bits per heavy atom. The molecule has 1 unspecified atom stereocenters. The third-order valence-electron chi connectivity index (χ3n) is 3.36. The minimum atomic E-state index is -0.146. The molecule has 2 aromatic rings. The molecule has 0 aliphatic rings. The molecule has 0 aliphatic heterocycles. The van der Waals surface area contributed by atoms with Crippen LogP contribution in [0, 0.1) is 5.82 Å². The molecule has 0 amide bonds. The van der Waals surface area contributed by atoms with Crippen LogP contribution in [0.2, 0.25) is 0 Å².